The summed E-state index contributed by atoms with van der Waals surface area (Å²) in [4.78, 5) is 25.4. The predicted molar refractivity (Wildman–Crippen MR) is 79.2 cm³/mol. The van der Waals surface area contributed by atoms with Crippen molar-refractivity contribution < 1.29 is 14.3 Å². The second-order valence-electron chi connectivity index (χ2n) is 6.78. The van der Waals surface area contributed by atoms with Crippen molar-refractivity contribution in [1.29, 1.82) is 0 Å². The van der Waals surface area contributed by atoms with E-state index in [1.807, 2.05) is 46.0 Å². The van der Waals surface area contributed by atoms with Gasteiger partial charge >= 0.3 is 5.97 Å². The van der Waals surface area contributed by atoms with Crippen molar-refractivity contribution in [3.05, 3.63) is 11.8 Å². The van der Waals surface area contributed by atoms with Gasteiger partial charge in [-0.05, 0) is 46.0 Å². The number of esters is 1. The number of carbonyl (C=O) groups is 2. The average molecular weight is 281 g/mol. The molecular formula is C16H27NO3. The van der Waals surface area contributed by atoms with Gasteiger partial charge in [0.15, 0.2) is 5.78 Å². The van der Waals surface area contributed by atoms with Gasteiger partial charge in [0.2, 0.25) is 0 Å². The van der Waals surface area contributed by atoms with Crippen molar-refractivity contribution in [3.8, 4) is 0 Å². The molecule has 0 amide bonds. The zero-order valence-corrected chi connectivity index (χ0v) is 13.4. The fourth-order valence-corrected chi connectivity index (χ4v) is 2.42. The third kappa shape index (κ3) is 6.22. The molecule has 0 aromatic carbocycles. The Kier molecular flexibility index (Phi) is 5.78. The van der Waals surface area contributed by atoms with Crippen LogP contribution >= 0.6 is 0 Å². The van der Waals surface area contributed by atoms with E-state index in [9.17, 15) is 9.59 Å². The molecule has 1 atom stereocenters. The van der Waals surface area contributed by atoms with Gasteiger partial charge in [-0.1, -0.05) is 0 Å². The smallest absolute Gasteiger partial charge is 0.306 e. The van der Waals surface area contributed by atoms with Gasteiger partial charge < -0.3 is 9.64 Å². The maximum atomic E-state index is 11.8. The maximum absolute atomic E-state index is 11.8. The molecule has 0 aliphatic heterocycles. The van der Waals surface area contributed by atoms with Gasteiger partial charge in [-0.25, -0.2) is 0 Å². The maximum Gasteiger partial charge on any atom is 0.306 e. The number of ketones is 1. The Balaban J connectivity index is 2.46. The molecule has 1 fully saturated rings. The lowest BCUT2D eigenvalue weighted by Gasteiger charge is -2.25. The van der Waals surface area contributed by atoms with Gasteiger partial charge in [0.1, 0.15) is 5.60 Å². The van der Waals surface area contributed by atoms with E-state index >= 15 is 0 Å². The van der Waals surface area contributed by atoms with E-state index in [1.54, 1.807) is 0 Å². The molecule has 0 bridgehead atoms. The third-order valence-corrected chi connectivity index (χ3v) is 3.24. The van der Waals surface area contributed by atoms with E-state index < -0.39 is 5.60 Å². The molecule has 0 spiro atoms. The average Bonchev–Trinajstić information content (AvgIpc) is 2.27. The van der Waals surface area contributed by atoms with Crippen LogP contribution in [0.3, 0.4) is 0 Å². The molecule has 114 valence electrons. The first-order valence-electron chi connectivity index (χ1n) is 7.29. The zero-order valence-electron chi connectivity index (χ0n) is 13.4. The Hall–Kier alpha value is -1.32. The lowest BCUT2D eigenvalue weighted by molar-refractivity contribution is -0.155. The number of nitrogens with zero attached hydrogens (tertiary/aromatic N) is 1. The molecule has 0 heterocycles. The van der Waals surface area contributed by atoms with Crippen LogP contribution in [0, 0.1) is 5.92 Å². The summed E-state index contributed by atoms with van der Waals surface area (Å²) in [7, 11) is 3.84. The number of rotatable bonds is 4. The highest BCUT2D eigenvalue weighted by molar-refractivity contribution is 5.95. The van der Waals surface area contributed by atoms with E-state index in [0.717, 1.165) is 24.8 Å². The minimum Gasteiger partial charge on any atom is -0.460 e. The largest absolute Gasteiger partial charge is 0.460 e. The highest BCUT2D eigenvalue weighted by Gasteiger charge is 2.25. The molecule has 0 radical (unpaired) electrons. The molecule has 0 aromatic heterocycles. The molecule has 1 aliphatic rings. The third-order valence-electron chi connectivity index (χ3n) is 3.24. The Bertz CT molecular complexity index is 391. The summed E-state index contributed by atoms with van der Waals surface area (Å²) in [5.41, 5.74) is 0.464. The molecular weight excluding hydrogens is 254 g/mol. The van der Waals surface area contributed by atoms with Crippen molar-refractivity contribution in [3.63, 3.8) is 0 Å². The Labute approximate surface area is 122 Å². The summed E-state index contributed by atoms with van der Waals surface area (Å²) in [5.74, 6) is 0.506. The molecule has 20 heavy (non-hydrogen) atoms. The second-order valence-corrected chi connectivity index (χ2v) is 6.78. The number of ether oxygens (including phenoxy) is 1. The van der Waals surface area contributed by atoms with Crippen LogP contribution in [0.15, 0.2) is 11.8 Å². The van der Waals surface area contributed by atoms with E-state index in [1.165, 1.54) is 0 Å². The topological polar surface area (TPSA) is 46.6 Å². The number of carbonyl (C=O) groups excluding carboxylic acids is 2. The molecule has 4 nitrogen and oxygen atoms in total. The summed E-state index contributed by atoms with van der Waals surface area (Å²) in [6.07, 6.45) is 5.39. The van der Waals surface area contributed by atoms with Crippen LogP contribution in [0.4, 0.5) is 0 Å². The molecule has 1 saturated carbocycles. The van der Waals surface area contributed by atoms with Crippen molar-refractivity contribution in [2.24, 2.45) is 5.92 Å². The summed E-state index contributed by atoms with van der Waals surface area (Å²) in [5, 5.41) is 0. The lowest BCUT2D eigenvalue weighted by atomic mass is 9.82. The predicted octanol–water partition coefficient (Wildman–Crippen LogP) is 2.92. The van der Waals surface area contributed by atoms with Gasteiger partial charge in [-0.3, -0.25) is 9.59 Å². The van der Waals surface area contributed by atoms with Gasteiger partial charge in [-0.2, -0.15) is 0 Å². The number of Topliss-reactive ketones (excluding diaryl/α,β-unsaturated/α-hetero) is 1. The first-order chi connectivity index (χ1) is 9.17. The van der Waals surface area contributed by atoms with Gasteiger partial charge in [0.05, 0.1) is 0 Å². The minimum atomic E-state index is -0.421. The summed E-state index contributed by atoms with van der Waals surface area (Å²) in [6.45, 7) is 5.63. The number of allylic oxidation sites excluding steroid dienone is 1. The standard InChI is InChI=1S/C16H27NO3/c1-16(2,3)20-15(19)9-7-12-6-8-14(18)13(10-12)11-17(4)5/h11-12H,6-10H2,1-5H3/b13-11+. The highest BCUT2D eigenvalue weighted by Crippen LogP contribution is 2.29. The van der Waals surface area contributed by atoms with Crippen molar-refractivity contribution in [2.45, 2.75) is 58.5 Å². The normalized spacial score (nSPS) is 21.9. The van der Waals surface area contributed by atoms with Crippen LogP contribution in [0.1, 0.15) is 52.9 Å². The minimum absolute atomic E-state index is 0.146. The van der Waals surface area contributed by atoms with Crippen molar-refractivity contribution >= 4 is 11.8 Å². The van der Waals surface area contributed by atoms with E-state index in [0.29, 0.717) is 18.8 Å². The van der Waals surface area contributed by atoms with Crippen molar-refractivity contribution in [2.75, 3.05) is 14.1 Å². The van der Waals surface area contributed by atoms with Crippen LogP contribution in [0.2, 0.25) is 0 Å². The van der Waals surface area contributed by atoms with Gasteiger partial charge in [-0.15, -0.1) is 0 Å². The molecule has 1 aliphatic carbocycles. The summed E-state index contributed by atoms with van der Waals surface area (Å²) in [6, 6.07) is 0. The molecule has 1 rings (SSSR count). The van der Waals surface area contributed by atoms with Crippen LogP contribution in [0.5, 0.6) is 0 Å². The summed E-state index contributed by atoms with van der Waals surface area (Å²) >= 11 is 0. The number of hydrogen-bond acceptors (Lipinski definition) is 4. The van der Waals surface area contributed by atoms with Crippen molar-refractivity contribution in [1.82, 2.24) is 4.90 Å². The Morgan fingerprint density at radius 2 is 2.05 bits per heavy atom. The quantitative estimate of drug-likeness (QED) is 0.587. The lowest BCUT2D eigenvalue weighted by Crippen LogP contribution is -2.25. The number of hydrogen-bond donors (Lipinski definition) is 0. The van der Waals surface area contributed by atoms with E-state index in [4.69, 9.17) is 4.74 Å². The summed E-state index contributed by atoms with van der Waals surface area (Å²) < 4.78 is 5.31. The second kappa shape index (κ2) is 6.91. The van der Waals surface area contributed by atoms with Crippen LogP contribution in [-0.4, -0.2) is 36.3 Å². The monoisotopic (exact) mass is 281 g/mol. The Morgan fingerprint density at radius 1 is 1.40 bits per heavy atom. The highest BCUT2D eigenvalue weighted by atomic mass is 16.6. The van der Waals surface area contributed by atoms with Gasteiger partial charge in [0, 0.05) is 38.7 Å². The van der Waals surface area contributed by atoms with Crippen LogP contribution < -0.4 is 0 Å². The first-order valence-corrected chi connectivity index (χ1v) is 7.29. The molecule has 1 unspecified atom stereocenters. The molecule has 0 aromatic rings. The van der Waals surface area contributed by atoms with E-state index in [-0.39, 0.29) is 11.8 Å². The molecule has 0 saturated heterocycles. The molecule has 0 N–H and O–H groups in total. The van der Waals surface area contributed by atoms with Crippen LogP contribution in [0.25, 0.3) is 0 Å². The SMILES string of the molecule is CN(C)/C=C1\CC(CCC(=O)OC(C)(C)C)CCC1=O. The molecule has 4 heteroatoms. The fourth-order valence-electron chi connectivity index (χ4n) is 2.42. The zero-order chi connectivity index (χ0) is 15.3. The van der Waals surface area contributed by atoms with Gasteiger partial charge in [0.25, 0.3) is 0 Å². The Morgan fingerprint density at radius 3 is 2.60 bits per heavy atom. The first kappa shape index (κ1) is 16.7. The van der Waals surface area contributed by atoms with E-state index in [2.05, 4.69) is 0 Å². The fraction of sp³-hybridized carbons (Fsp3) is 0.750. The van der Waals surface area contributed by atoms with Crippen LogP contribution in [-0.2, 0) is 14.3 Å².